The highest BCUT2D eigenvalue weighted by Crippen LogP contribution is 2.39. The number of amides is 1. The van der Waals surface area contributed by atoms with Crippen LogP contribution in [0.15, 0.2) is 24.4 Å². The third-order valence-electron chi connectivity index (χ3n) is 6.98. The van der Waals surface area contributed by atoms with E-state index in [-0.39, 0.29) is 23.7 Å². The highest BCUT2D eigenvalue weighted by molar-refractivity contribution is 5.88. The predicted molar refractivity (Wildman–Crippen MR) is 123 cm³/mol. The van der Waals surface area contributed by atoms with Crippen LogP contribution in [0.3, 0.4) is 0 Å². The van der Waals surface area contributed by atoms with Crippen LogP contribution in [0.5, 0.6) is 0 Å². The van der Waals surface area contributed by atoms with Crippen molar-refractivity contribution in [3.8, 4) is 0 Å². The Morgan fingerprint density at radius 2 is 2.15 bits per heavy atom. The van der Waals surface area contributed by atoms with Gasteiger partial charge in [0.1, 0.15) is 5.52 Å². The van der Waals surface area contributed by atoms with E-state index in [0.717, 1.165) is 42.8 Å². The minimum atomic E-state index is -0.227. The molecule has 2 aliphatic heterocycles. The van der Waals surface area contributed by atoms with Crippen molar-refractivity contribution in [1.82, 2.24) is 30.1 Å². The van der Waals surface area contributed by atoms with Gasteiger partial charge in [0, 0.05) is 49.8 Å². The van der Waals surface area contributed by atoms with Crippen LogP contribution in [0, 0.1) is 5.92 Å². The summed E-state index contributed by atoms with van der Waals surface area (Å²) in [7, 11) is 0. The zero-order valence-corrected chi connectivity index (χ0v) is 18.5. The van der Waals surface area contributed by atoms with E-state index in [1.165, 1.54) is 12.8 Å². The molecule has 1 saturated carbocycles. The molecule has 2 atom stereocenters. The lowest BCUT2D eigenvalue weighted by atomic mass is 9.91. The largest absolute Gasteiger partial charge is 0.356 e. The van der Waals surface area contributed by atoms with Crippen molar-refractivity contribution in [2.24, 2.45) is 5.92 Å². The molecule has 172 valence electrons. The molecule has 3 aromatic rings. The molecule has 1 aliphatic carbocycles. The monoisotopic (exact) mass is 448 g/mol. The van der Waals surface area contributed by atoms with Crippen LogP contribution < -0.4 is 15.5 Å². The molecule has 5 heterocycles. The fraction of sp³-hybridized carbons (Fsp3) is 0.522. The van der Waals surface area contributed by atoms with Gasteiger partial charge in [0.2, 0.25) is 11.9 Å². The van der Waals surface area contributed by atoms with Crippen molar-refractivity contribution >= 4 is 34.8 Å². The molecule has 0 radical (unpaired) electrons. The number of hydrogen-bond acceptors (Lipinski definition) is 7. The third kappa shape index (κ3) is 4.05. The summed E-state index contributed by atoms with van der Waals surface area (Å²) in [4.78, 5) is 31.5. The molecule has 2 saturated heterocycles. The maximum atomic E-state index is 13.2. The fourth-order valence-corrected chi connectivity index (χ4v) is 4.98. The Hall–Kier alpha value is -3.43. The molecule has 0 bridgehead atoms. The number of nitrogens with one attached hydrogen (secondary N) is 3. The number of H-pyrrole nitrogens is 1. The Balaban J connectivity index is 1.23. The minimum Gasteiger partial charge on any atom is -0.356 e. The SMILES string of the molecule is O=C1CCC(CC(=O)[C@@H]2CCCN2c2nc(Nc3cc(C4CC4)[nH]n3)c3cccn3n2)CN1. The number of piperidine rings is 1. The van der Waals surface area contributed by atoms with Gasteiger partial charge in [-0.3, -0.25) is 14.7 Å². The Labute approximate surface area is 191 Å². The van der Waals surface area contributed by atoms with Gasteiger partial charge in [0.25, 0.3) is 0 Å². The van der Waals surface area contributed by atoms with Gasteiger partial charge in [-0.25, -0.2) is 4.52 Å². The van der Waals surface area contributed by atoms with Crippen molar-refractivity contribution in [3.05, 3.63) is 30.1 Å². The number of ketones is 1. The Bertz CT molecular complexity index is 1190. The molecule has 1 unspecified atom stereocenters. The van der Waals surface area contributed by atoms with E-state index >= 15 is 0 Å². The summed E-state index contributed by atoms with van der Waals surface area (Å²) in [5.74, 6) is 3.05. The Kier molecular flexibility index (Phi) is 5.00. The first kappa shape index (κ1) is 20.2. The molecule has 1 amide bonds. The van der Waals surface area contributed by atoms with Gasteiger partial charge < -0.3 is 15.5 Å². The summed E-state index contributed by atoms with van der Waals surface area (Å²) in [5.41, 5.74) is 2.01. The molecular formula is C23H28N8O2. The molecular weight excluding hydrogens is 420 g/mol. The molecule has 6 rings (SSSR count). The Morgan fingerprint density at radius 1 is 1.24 bits per heavy atom. The quantitative estimate of drug-likeness (QED) is 0.508. The fourth-order valence-electron chi connectivity index (χ4n) is 4.98. The van der Waals surface area contributed by atoms with Gasteiger partial charge in [0.05, 0.1) is 6.04 Å². The van der Waals surface area contributed by atoms with E-state index in [4.69, 9.17) is 10.1 Å². The molecule has 10 nitrogen and oxygen atoms in total. The third-order valence-corrected chi connectivity index (χ3v) is 6.98. The lowest BCUT2D eigenvalue weighted by Gasteiger charge is -2.27. The van der Waals surface area contributed by atoms with Crippen molar-refractivity contribution < 1.29 is 9.59 Å². The number of nitrogens with zero attached hydrogens (tertiary/aromatic N) is 5. The first-order valence-electron chi connectivity index (χ1n) is 11.9. The van der Waals surface area contributed by atoms with Crippen molar-refractivity contribution in [2.45, 2.75) is 56.9 Å². The summed E-state index contributed by atoms with van der Waals surface area (Å²) in [5, 5.41) is 18.5. The van der Waals surface area contributed by atoms with Crippen LogP contribution >= 0.6 is 0 Å². The first-order valence-corrected chi connectivity index (χ1v) is 11.9. The second kappa shape index (κ2) is 8.17. The lowest BCUT2D eigenvalue weighted by molar-refractivity contribution is -0.125. The number of carbonyl (C=O) groups is 2. The predicted octanol–water partition coefficient (Wildman–Crippen LogP) is 2.53. The van der Waals surface area contributed by atoms with Crippen LogP contribution in [0.4, 0.5) is 17.6 Å². The smallest absolute Gasteiger partial charge is 0.246 e. The van der Waals surface area contributed by atoms with E-state index in [1.54, 1.807) is 4.52 Å². The van der Waals surface area contributed by atoms with Crippen LogP contribution in [-0.2, 0) is 9.59 Å². The molecule has 33 heavy (non-hydrogen) atoms. The number of Topliss-reactive ketones (excluding diaryl/α,β-unsaturated/α-hetero) is 1. The van der Waals surface area contributed by atoms with E-state index in [0.29, 0.717) is 37.1 Å². The second-order valence-corrected chi connectivity index (χ2v) is 9.44. The van der Waals surface area contributed by atoms with Crippen LogP contribution in [-0.4, -0.2) is 55.6 Å². The van der Waals surface area contributed by atoms with Gasteiger partial charge in [-0.15, -0.1) is 5.10 Å². The van der Waals surface area contributed by atoms with E-state index in [2.05, 4.69) is 20.8 Å². The Morgan fingerprint density at radius 3 is 2.97 bits per heavy atom. The molecule has 0 aromatic carbocycles. The van der Waals surface area contributed by atoms with Gasteiger partial charge in [0.15, 0.2) is 17.4 Å². The zero-order valence-electron chi connectivity index (χ0n) is 18.5. The zero-order chi connectivity index (χ0) is 22.4. The van der Waals surface area contributed by atoms with E-state index < -0.39 is 0 Å². The number of aromatic nitrogens is 5. The first-order chi connectivity index (χ1) is 16.1. The maximum absolute atomic E-state index is 13.2. The van der Waals surface area contributed by atoms with Crippen molar-refractivity contribution in [2.75, 3.05) is 23.3 Å². The number of carbonyl (C=O) groups excluding carboxylic acids is 2. The van der Waals surface area contributed by atoms with Gasteiger partial charge in [-0.05, 0) is 50.2 Å². The summed E-state index contributed by atoms with van der Waals surface area (Å²) < 4.78 is 1.80. The standard InChI is InChI=1S/C23H28N8O2/c32-19(11-14-5-8-21(33)24-13-14)17-3-1-9-30(17)23-26-22(18-4-2-10-31(18)29-23)25-20-12-16(27-28-20)15-6-7-15/h2,4,10,12,14-15,17H,1,3,5-9,11,13H2,(H,24,33)(H2,25,26,27,28,29)/t14?,17-/m0/s1. The average Bonchev–Trinajstić information content (AvgIpc) is 3.20. The summed E-state index contributed by atoms with van der Waals surface area (Å²) in [6.07, 6.45) is 7.80. The molecule has 10 heteroatoms. The number of fused-ring (bicyclic) bond motifs is 1. The normalized spacial score (nSPS) is 23.2. The van der Waals surface area contributed by atoms with Gasteiger partial charge >= 0.3 is 0 Å². The van der Waals surface area contributed by atoms with Crippen molar-refractivity contribution in [3.63, 3.8) is 0 Å². The van der Waals surface area contributed by atoms with E-state index in [9.17, 15) is 9.59 Å². The topological polar surface area (TPSA) is 120 Å². The van der Waals surface area contributed by atoms with Gasteiger partial charge in [-0.2, -0.15) is 10.1 Å². The van der Waals surface area contributed by atoms with Crippen LogP contribution in [0.25, 0.3) is 5.52 Å². The van der Waals surface area contributed by atoms with Crippen molar-refractivity contribution in [1.29, 1.82) is 0 Å². The number of aromatic amines is 1. The number of anilines is 3. The number of hydrogen-bond donors (Lipinski definition) is 3. The van der Waals surface area contributed by atoms with Crippen LogP contribution in [0.1, 0.15) is 56.6 Å². The molecule has 3 N–H and O–H groups in total. The summed E-state index contributed by atoms with van der Waals surface area (Å²) in [6, 6.07) is 5.72. The highest BCUT2D eigenvalue weighted by atomic mass is 16.1. The molecule has 3 aliphatic rings. The lowest BCUT2D eigenvalue weighted by Crippen LogP contribution is -2.41. The summed E-state index contributed by atoms with van der Waals surface area (Å²) in [6.45, 7) is 1.34. The molecule has 3 aromatic heterocycles. The van der Waals surface area contributed by atoms with E-state index in [1.807, 2.05) is 29.3 Å². The minimum absolute atomic E-state index is 0.0795. The van der Waals surface area contributed by atoms with Crippen LogP contribution in [0.2, 0.25) is 0 Å². The maximum Gasteiger partial charge on any atom is 0.246 e. The highest BCUT2D eigenvalue weighted by Gasteiger charge is 2.34. The molecule has 3 fully saturated rings. The summed E-state index contributed by atoms with van der Waals surface area (Å²) >= 11 is 0. The average molecular weight is 449 g/mol. The molecule has 0 spiro atoms. The number of rotatable bonds is 7. The van der Waals surface area contributed by atoms with Gasteiger partial charge in [-0.1, -0.05) is 0 Å². The second-order valence-electron chi connectivity index (χ2n) is 9.44.